The maximum absolute atomic E-state index is 12.6. The van der Waals surface area contributed by atoms with E-state index in [9.17, 15) is 18.4 Å². The van der Waals surface area contributed by atoms with Crippen LogP contribution in [0.2, 0.25) is 0 Å². The molecule has 0 spiro atoms. The van der Waals surface area contributed by atoms with E-state index in [1.807, 2.05) is 0 Å². The third-order valence-corrected chi connectivity index (χ3v) is 5.27. The van der Waals surface area contributed by atoms with Crippen LogP contribution in [0.4, 0.5) is 0 Å². The Bertz CT molecular complexity index is 692. The molecule has 1 heterocycles. The van der Waals surface area contributed by atoms with Gasteiger partial charge in [0.15, 0.2) is 5.28 Å². The van der Waals surface area contributed by atoms with Gasteiger partial charge in [-0.2, -0.15) is 4.31 Å². The van der Waals surface area contributed by atoms with E-state index >= 15 is 0 Å². The van der Waals surface area contributed by atoms with Gasteiger partial charge in [0.05, 0.1) is 11.6 Å². The number of hydrogen-bond donors (Lipinski definition) is 0. The Kier molecular flexibility index (Phi) is 5.16. The molecule has 1 fully saturated rings. The minimum atomic E-state index is -3.68. The zero-order valence-corrected chi connectivity index (χ0v) is 13.6. The largest absolute Gasteiger partial charge is 0.597 e. The number of rotatable bonds is 5. The Labute approximate surface area is 134 Å². The molecule has 1 aliphatic heterocycles. The molecule has 0 N–H and O–H groups in total. The van der Waals surface area contributed by atoms with Crippen molar-refractivity contribution < 1.29 is 22.9 Å². The number of carbonyl (C=O) groups is 1. The summed E-state index contributed by atoms with van der Waals surface area (Å²) >= 11 is 0. The zero-order chi connectivity index (χ0) is 17.0. The minimum absolute atomic E-state index is 0.0992. The Morgan fingerprint density at radius 1 is 1.43 bits per heavy atom. The third kappa shape index (κ3) is 3.77. The molecular formula is C13H18N4O5S. The Balaban J connectivity index is 2.12. The van der Waals surface area contributed by atoms with Crippen molar-refractivity contribution >= 4 is 15.9 Å². The number of carbonyl (C=O) groups excluding carboxylic acids is 1. The van der Waals surface area contributed by atoms with E-state index in [1.54, 1.807) is 25.1 Å². The summed E-state index contributed by atoms with van der Waals surface area (Å²) in [4.78, 5) is 18.0. The monoisotopic (exact) mass is 342 g/mol. The highest BCUT2D eigenvalue weighted by Crippen LogP contribution is 2.22. The molecule has 1 aromatic carbocycles. The van der Waals surface area contributed by atoms with Crippen molar-refractivity contribution in [2.24, 2.45) is 5.28 Å². The molecule has 1 atom stereocenters. The molecule has 10 heteroatoms. The predicted octanol–water partition coefficient (Wildman–Crippen LogP) is 0.389. The Hall–Kier alpha value is -2.20. The standard InChI is InChI=1S/C13H18N4O5S/c1-11-8-15(23(20,21)12-6-4-3-5-7-12)10-16(11)13(18)9-17(19)14-22-2/h3-7,11H,8-10H2,1-2H3/b17-14-. The average molecular weight is 342 g/mol. The van der Waals surface area contributed by atoms with E-state index in [0.717, 1.165) is 0 Å². The quantitative estimate of drug-likeness (QED) is 0.437. The van der Waals surface area contributed by atoms with Crippen LogP contribution in [-0.2, 0) is 19.7 Å². The number of hydrogen-bond acceptors (Lipinski definition) is 6. The summed E-state index contributed by atoms with van der Waals surface area (Å²) in [5, 5.41) is 14.3. The molecule has 9 nitrogen and oxygen atoms in total. The van der Waals surface area contributed by atoms with E-state index in [0.29, 0.717) is 0 Å². The van der Waals surface area contributed by atoms with Crippen LogP contribution in [0.1, 0.15) is 6.92 Å². The van der Waals surface area contributed by atoms with Crippen LogP contribution >= 0.6 is 0 Å². The summed E-state index contributed by atoms with van der Waals surface area (Å²) in [5.74, 6) is -0.515. The first-order chi connectivity index (χ1) is 10.9. The average Bonchev–Trinajstić information content (AvgIpc) is 2.91. The molecule has 1 unspecified atom stereocenters. The van der Waals surface area contributed by atoms with E-state index < -0.39 is 22.5 Å². The van der Waals surface area contributed by atoms with Crippen LogP contribution in [0, 0.1) is 5.21 Å². The van der Waals surface area contributed by atoms with Gasteiger partial charge in [0.1, 0.15) is 7.11 Å². The van der Waals surface area contributed by atoms with Gasteiger partial charge in [-0.25, -0.2) is 8.42 Å². The molecule has 0 saturated carbocycles. The molecule has 0 aliphatic carbocycles. The normalized spacial score (nSPS) is 19.8. The summed E-state index contributed by atoms with van der Waals surface area (Å²) < 4.78 is 26.3. The Morgan fingerprint density at radius 2 is 2.09 bits per heavy atom. The third-order valence-electron chi connectivity index (χ3n) is 3.45. The van der Waals surface area contributed by atoms with E-state index in [-0.39, 0.29) is 29.0 Å². The molecule has 126 valence electrons. The fourth-order valence-electron chi connectivity index (χ4n) is 2.33. The highest BCUT2D eigenvalue weighted by atomic mass is 32.2. The molecule has 1 amide bonds. The Morgan fingerprint density at radius 3 is 2.70 bits per heavy atom. The van der Waals surface area contributed by atoms with Gasteiger partial charge in [0.25, 0.3) is 12.5 Å². The highest BCUT2D eigenvalue weighted by Gasteiger charge is 2.38. The van der Waals surface area contributed by atoms with Crippen molar-refractivity contribution in [3.63, 3.8) is 0 Å². The van der Waals surface area contributed by atoms with E-state index in [2.05, 4.69) is 10.1 Å². The van der Waals surface area contributed by atoms with Crippen LogP contribution in [0.3, 0.4) is 0 Å². The van der Waals surface area contributed by atoms with Gasteiger partial charge in [-0.3, -0.25) is 4.79 Å². The van der Waals surface area contributed by atoms with Crippen molar-refractivity contribution in [3.05, 3.63) is 35.5 Å². The van der Waals surface area contributed by atoms with Gasteiger partial charge in [0.2, 0.25) is 10.0 Å². The molecule has 2 rings (SSSR count). The second-order valence-electron chi connectivity index (χ2n) is 5.08. The van der Waals surface area contributed by atoms with Crippen molar-refractivity contribution in [1.29, 1.82) is 0 Å². The van der Waals surface area contributed by atoms with Crippen LogP contribution in [0.5, 0.6) is 0 Å². The summed E-state index contributed by atoms with van der Waals surface area (Å²) in [6.45, 7) is 1.26. The lowest BCUT2D eigenvalue weighted by molar-refractivity contribution is -0.547. The zero-order valence-electron chi connectivity index (χ0n) is 12.8. The first-order valence-corrected chi connectivity index (χ1v) is 8.33. The molecular weight excluding hydrogens is 324 g/mol. The number of nitrogens with zero attached hydrogens (tertiary/aromatic N) is 4. The molecule has 23 heavy (non-hydrogen) atoms. The summed E-state index contributed by atoms with van der Waals surface area (Å²) in [6.07, 6.45) is 0. The lowest BCUT2D eigenvalue weighted by atomic mass is 10.3. The lowest BCUT2D eigenvalue weighted by Gasteiger charge is -2.19. The predicted molar refractivity (Wildman–Crippen MR) is 79.4 cm³/mol. The molecule has 1 aliphatic rings. The number of hydroxylamine groups is 1. The maximum atomic E-state index is 12.6. The number of benzene rings is 1. The fraction of sp³-hybridized carbons (Fsp3) is 0.462. The van der Waals surface area contributed by atoms with Crippen molar-refractivity contribution in [3.8, 4) is 0 Å². The van der Waals surface area contributed by atoms with Crippen LogP contribution in [0.25, 0.3) is 0 Å². The molecule has 0 bridgehead atoms. The van der Waals surface area contributed by atoms with Gasteiger partial charge in [-0.15, -0.1) is 0 Å². The van der Waals surface area contributed by atoms with Gasteiger partial charge in [-0.1, -0.05) is 18.2 Å². The summed E-state index contributed by atoms with van der Waals surface area (Å²) in [7, 11) is -2.48. The minimum Gasteiger partial charge on any atom is -0.597 e. The van der Waals surface area contributed by atoms with E-state index in [4.69, 9.17) is 0 Å². The number of amides is 1. The lowest BCUT2D eigenvalue weighted by Crippen LogP contribution is -2.39. The van der Waals surface area contributed by atoms with Crippen molar-refractivity contribution in [2.75, 3.05) is 26.9 Å². The second kappa shape index (κ2) is 6.92. The van der Waals surface area contributed by atoms with Gasteiger partial charge >= 0.3 is 0 Å². The fourth-order valence-corrected chi connectivity index (χ4v) is 3.81. The topological polar surface area (TPSA) is 105 Å². The van der Waals surface area contributed by atoms with Crippen LogP contribution in [-0.4, -0.2) is 61.3 Å². The SMILES string of the molecule is CO/N=[N+](\[O-])CC(=O)N1CN(S(=O)(=O)c2ccccc2)CC1C. The summed E-state index contributed by atoms with van der Waals surface area (Å²) in [6, 6.07) is 7.66. The highest BCUT2D eigenvalue weighted by molar-refractivity contribution is 7.89. The van der Waals surface area contributed by atoms with Gasteiger partial charge in [0, 0.05) is 12.6 Å². The molecule has 0 radical (unpaired) electrons. The molecule has 1 saturated heterocycles. The first-order valence-electron chi connectivity index (χ1n) is 6.89. The van der Waals surface area contributed by atoms with Crippen LogP contribution < -0.4 is 0 Å². The maximum Gasteiger partial charge on any atom is 0.293 e. The van der Waals surface area contributed by atoms with Crippen molar-refractivity contribution in [1.82, 2.24) is 9.21 Å². The van der Waals surface area contributed by atoms with Crippen molar-refractivity contribution in [2.45, 2.75) is 17.9 Å². The van der Waals surface area contributed by atoms with Gasteiger partial charge < -0.3 is 14.9 Å². The second-order valence-corrected chi connectivity index (χ2v) is 7.02. The van der Waals surface area contributed by atoms with Crippen LogP contribution in [0.15, 0.2) is 40.5 Å². The molecule has 1 aromatic rings. The first kappa shape index (κ1) is 17.2. The van der Waals surface area contributed by atoms with Gasteiger partial charge in [-0.05, 0) is 23.9 Å². The number of sulfonamides is 1. The molecule has 0 aromatic heterocycles. The summed E-state index contributed by atoms with van der Waals surface area (Å²) in [5.41, 5.74) is 0. The smallest absolute Gasteiger partial charge is 0.293 e. The van der Waals surface area contributed by atoms with E-state index in [1.165, 1.54) is 28.4 Å².